The van der Waals surface area contributed by atoms with Gasteiger partial charge in [-0.3, -0.25) is 0 Å². The van der Waals surface area contributed by atoms with Gasteiger partial charge in [-0.25, -0.2) is 0 Å². The van der Waals surface area contributed by atoms with Gasteiger partial charge in [0.2, 0.25) is 0 Å². The van der Waals surface area contributed by atoms with Crippen molar-refractivity contribution in [1.82, 2.24) is 5.32 Å². The highest BCUT2D eigenvalue weighted by Gasteiger charge is 2.15. The highest BCUT2D eigenvalue weighted by molar-refractivity contribution is 5.33. The van der Waals surface area contributed by atoms with E-state index in [4.69, 9.17) is 4.74 Å². The van der Waals surface area contributed by atoms with E-state index >= 15 is 0 Å². The maximum atomic E-state index is 5.46. The first kappa shape index (κ1) is 9.26. The van der Waals surface area contributed by atoms with E-state index in [1.54, 1.807) is 0 Å². The van der Waals surface area contributed by atoms with Crippen molar-refractivity contribution >= 4 is 0 Å². The topological polar surface area (TPSA) is 21.3 Å². The first-order chi connectivity index (χ1) is 6.95. The molecule has 14 heavy (non-hydrogen) atoms. The molecule has 0 unspecified atom stereocenters. The van der Waals surface area contributed by atoms with E-state index in [1.165, 1.54) is 0 Å². The molecule has 1 aliphatic heterocycles. The summed E-state index contributed by atoms with van der Waals surface area (Å²) in [4.78, 5) is 0. The molecule has 0 aromatic heterocycles. The molecular formula is C12H13NO. The third kappa shape index (κ3) is 2.59. The molecule has 1 fully saturated rings. The summed E-state index contributed by atoms with van der Waals surface area (Å²) < 4.78 is 5.46. The van der Waals surface area contributed by atoms with E-state index in [1.807, 2.05) is 30.3 Å². The zero-order chi connectivity index (χ0) is 9.64. The van der Waals surface area contributed by atoms with Crippen LogP contribution in [-0.4, -0.2) is 25.8 Å². The molecule has 1 N–H and O–H groups in total. The van der Waals surface area contributed by atoms with Crippen LogP contribution in [0.1, 0.15) is 5.56 Å². The SMILES string of the molecule is C(#Cc1ccccc1)COC1CNC1. The van der Waals surface area contributed by atoms with Crippen molar-refractivity contribution in [3.05, 3.63) is 35.9 Å². The van der Waals surface area contributed by atoms with Gasteiger partial charge in [-0.05, 0) is 12.1 Å². The number of rotatable bonds is 2. The molecule has 0 spiro atoms. The lowest BCUT2D eigenvalue weighted by Gasteiger charge is -2.25. The van der Waals surface area contributed by atoms with Crippen LogP contribution in [0.2, 0.25) is 0 Å². The number of hydrogen-bond acceptors (Lipinski definition) is 2. The van der Waals surface area contributed by atoms with E-state index in [2.05, 4.69) is 17.2 Å². The summed E-state index contributed by atoms with van der Waals surface area (Å²) >= 11 is 0. The molecule has 0 aliphatic carbocycles. The molecule has 1 heterocycles. The Morgan fingerprint density at radius 3 is 2.71 bits per heavy atom. The number of ether oxygens (including phenoxy) is 1. The van der Waals surface area contributed by atoms with Gasteiger partial charge in [-0.2, -0.15) is 0 Å². The molecule has 1 aromatic carbocycles. The summed E-state index contributed by atoms with van der Waals surface area (Å²) in [6, 6.07) is 9.96. The molecule has 1 aliphatic rings. The summed E-state index contributed by atoms with van der Waals surface area (Å²) in [5.41, 5.74) is 1.04. The second-order valence-corrected chi connectivity index (χ2v) is 3.26. The Morgan fingerprint density at radius 2 is 2.07 bits per heavy atom. The second-order valence-electron chi connectivity index (χ2n) is 3.26. The van der Waals surface area contributed by atoms with Crippen LogP contribution < -0.4 is 5.32 Å². The fourth-order valence-corrected chi connectivity index (χ4v) is 1.20. The zero-order valence-corrected chi connectivity index (χ0v) is 7.99. The first-order valence-corrected chi connectivity index (χ1v) is 4.81. The van der Waals surface area contributed by atoms with Crippen LogP contribution in [0.4, 0.5) is 0 Å². The van der Waals surface area contributed by atoms with Gasteiger partial charge < -0.3 is 10.1 Å². The van der Waals surface area contributed by atoms with Gasteiger partial charge in [0.1, 0.15) is 6.61 Å². The van der Waals surface area contributed by atoms with E-state index < -0.39 is 0 Å². The monoisotopic (exact) mass is 187 g/mol. The largest absolute Gasteiger partial charge is 0.363 e. The smallest absolute Gasteiger partial charge is 0.108 e. The van der Waals surface area contributed by atoms with Crippen LogP contribution in [0.5, 0.6) is 0 Å². The Hall–Kier alpha value is -1.30. The predicted octanol–water partition coefficient (Wildman–Crippen LogP) is 1.03. The third-order valence-electron chi connectivity index (χ3n) is 2.14. The van der Waals surface area contributed by atoms with Crippen molar-refractivity contribution in [2.45, 2.75) is 6.10 Å². The normalized spacial score (nSPS) is 15.4. The fourth-order valence-electron chi connectivity index (χ4n) is 1.20. The predicted molar refractivity (Wildman–Crippen MR) is 55.9 cm³/mol. The minimum atomic E-state index is 0.375. The van der Waals surface area contributed by atoms with Crippen LogP contribution >= 0.6 is 0 Å². The Labute approximate surface area is 84.3 Å². The minimum Gasteiger partial charge on any atom is -0.363 e. The summed E-state index contributed by atoms with van der Waals surface area (Å²) in [7, 11) is 0. The van der Waals surface area contributed by atoms with Crippen LogP contribution in [0.25, 0.3) is 0 Å². The molecule has 2 heteroatoms. The maximum absolute atomic E-state index is 5.46. The van der Waals surface area contributed by atoms with Gasteiger partial charge >= 0.3 is 0 Å². The average Bonchev–Trinajstić information content (AvgIpc) is 2.16. The highest BCUT2D eigenvalue weighted by Crippen LogP contribution is 1.97. The lowest BCUT2D eigenvalue weighted by Crippen LogP contribution is -2.48. The van der Waals surface area contributed by atoms with E-state index in [9.17, 15) is 0 Å². The quantitative estimate of drug-likeness (QED) is 0.698. The van der Waals surface area contributed by atoms with Crippen LogP contribution in [-0.2, 0) is 4.74 Å². The molecule has 1 saturated heterocycles. The van der Waals surface area contributed by atoms with Crippen molar-refractivity contribution in [1.29, 1.82) is 0 Å². The summed E-state index contributed by atoms with van der Waals surface area (Å²) in [6.07, 6.45) is 0.375. The molecule has 0 saturated carbocycles. The Morgan fingerprint density at radius 1 is 1.29 bits per heavy atom. The number of nitrogens with one attached hydrogen (secondary N) is 1. The Bertz CT molecular complexity index is 332. The third-order valence-corrected chi connectivity index (χ3v) is 2.14. The number of hydrogen-bond donors (Lipinski definition) is 1. The van der Waals surface area contributed by atoms with Crippen molar-refractivity contribution in [2.75, 3.05) is 19.7 Å². The van der Waals surface area contributed by atoms with E-state index in [0.29, 0.717) is 12.7 Å². The van der Waals surface area contributed by atoms with Gasteiger partial charge in [-0.15, -0.1) is 0 Å². The Kier molecular flexibility index (Phi) is 3.18. The molecule has 0 bridgehead atoms. The Balaban J connectivity index is 1.76. The number of benzene rings is 1. The van der Waals surface area contributed by atoms with Crippen molar-refractivity contribution in [2.24, 2.45) is 0 Å². The first-order valence-electron chi connectivity index (χ1n) is 4.81. The van der Waals surface area contributed by atoms with Gasteiger partial charge in [0, 0.05) is 18.7 Å². The molecule has 72 valence electrons. The van der Waals surface area contributed by atoms with Crippen LogP contribution in [0, 0.1) is 11.8 Å². The average molecular weight is 187 g/mol. The maximum Gasteiger partial charge on any atom is 0.108 e. The van der Waals surface area contributed by atoms with E-state index in [0.717, 1.165) is 18.7 Å². The lowest BCUT2D eigenvalue weighted by molar-refractivity contribution is 0.0394. The second kappa shape index (κ2) is 4.80. The summed E-state index contributed by atoms with van der Waals surface area (Å²) in [6.45, 7) is 2.46. The standard InChI is InChI=1S/C12H13NO/c1-2-5-11(6-3-1)7-4-8-14-12-9-13-10-12/h1-3,5-6,12-13H,8-10H2. The molecule has 0 amide bonds. The van der Waals surface area contributed by atoms with Crippen molar-refractivity contribution < 1.29 is 4.74 Å². The molecule has 2 rings (SSSR count). The highest BCUT2D eigenvalue weighted by atomic mass is 16.5. The van der Waals surface area contributed by atoms with Gasteiger partial charge in [-0.1, -0.05) is 30.0 Å². The summed E-state index contributed by atoms with van der Waals surface area (Å²) in [5, 5.41) is 3.15. The van der Waals surface area contributed by atoms with Crippen LogP contribution in [0.3, 0.4) is 0 Å². The summed E-state index contributed by atoms with van der Waals surface area (Å²) in [5.74, 6) is 6.05. The molecule has 0 atom stereocenters. The molecule has 1 aromatic rings. The lowest BCUT2D eigenvalue weighted by atomic mass is 10.2. The van der Waals surface area contributed by atoms with Crippen LogP contribution in [0.15, 0.2) is 30.3 Å². The van der Waals surface area contributed by atoms with Crippen molar-refractivity contribution in [3.8, 4) is 11.8 Å². The van der Waals surface area contributed by atoms with Gasteiger partial charge in [0.15, 0.2) is 0 Å². The zero-order valence-electron chi connectivity index (χ0n) is 7.99. The fraction of sp³-hybridized carbons (Fsp3) is 0.333. The molecular weight excluding hydrogens is 174 g/mol. The molecule has 0 radical (unpaired) electrons. The van der Waals surface area contributed by atoms with E-state index in [-0.39, 0.29) is 0 Å². The van der Waals surface area contributed by atoms with Gasteiger partial charge in [0.25, 0.3) is 0 Å². The van der Waals surface area contributed by atoms with Gasteiger partial charge in [0.05, 0.1) is 6.10 Å². The molecule has 2 nitrogen and oxygen atoms in total. The minimum absolute atomic E-state index is 0.375. The van der Waals surface area contributed by atoms with Crippen molar-refractivity contribution in [3.63, 3.8) is 0 Å².